The molecule has 0 bridgehead atoms. The second-order valence-corrected chi connectivity index (χ2v) is 5.14. The molecule has 1 saturated heterocycles. The predicted molar refractivity (Wildman–Crippen MR) is 72.7 cm³/mol. The first-order valence-electron chi connectivity index (χ1n) is 6.75. The maximum Gasteiger partial charge on any atom is 0.416 e. The van der Waals surface area contributed by atoms with Gasteiger partial charge in [-0.2, -0.15) is 13.2 Å². The van der Waals surface area contributed by atoms with Crippen LogP contribution in [0.2, 0.25) is 0 Å². The number of benzene rings is 1. The summed E-state index contributed by atoms with van der Waals surface area (Å²) in [5.74, 6) is -0.567. The summed E-state index contributed by atoms with van der Waals surface area (Å²) in [4.78, 5) is 10.8. The van der Waals surface area contributed by atoms with Crippen molar-refractivity contribution < 1.29 is 27.8 Å². The fourth-order valence-corrected chi connectivity index (χ4v) is 2.43. The van der Waals surface area contributed by atoms with Gasteiger partial charge in [-0.15, -0.1) is 0 Å². The highest BCUT2D eigenvalue weighted by Crippen LogP contribution is 2.32. The fraction of sp³-hybridized carbons (Fsp3) is 0.500. The lowest BCUT2D eigenvalue weighted by molar-refractivity contribution is -0.139. The summed E-state index contributed by atoms with van der Waals surface area (Å²) in [6, 6.07) is 2.57. The van der Waals surface area contributed by atoms with E-state index < -0.39 is 23.8 Å². The third kappa shape index (κ3) is 3.89. The second kappa shape index (κ2) is 6.53. The maximum absolute atomic E-state index is 12.7. The van der Waals surface area contributed by atoms with E-state index in [1.165, 1.54) is 13.2 Å². The zero-order valence-corrected chi connectivity index (χ0v) is 11.9. The van der Waals surface area contributed by atoms with Gasteiger partial charge in [0, 0.05) is 24.7 Å². The van der Waals surface area contributed by atoms with Crippen LogP contribution < -0.4 is 15.4 Å². The van der Waals surface area contributed by atoms with Crippen LogP contribution in [0, 0.1) is 0 Å². The molecular weight excluding hydrogens is 301 g/mol. The van der Waals surface area contributed by atoms with Crippen molar-refractivity contribution in [3.8, 4) is 5.75 Å². The lowest BCUT2D eigenvalue weighted by atomic mass is 10.1. The van der Waals surface area contributed by atoms with E-state index in [1.54, 1.807) is 0 Å². The molecule has 0 aliphatic carbocycles. The first kappa shape index (κ1) is 16.6. The van der Waals surface area contributed by atoms with Crippen molar-refractivity contribution in [1.82, 2.24) is 10.6 Å². The van der Waals surface area contributed by atoms with Crippen LogP contribution in [-0.4, -0.2) is 36.8 Å². The van der Waals surface area contributed by atoms with Crippen LogP contribution in [0.4, 0.5) is 13.2 Å². The Labute approximate surface area is 125 Å². The zero-order chi connectivity index (χ0) is 16.3. The number of hydrogen-bond acceptors (Lipinski definition) is 4. The topological polar surface area (TPSA) is 70.6 Å². The molecule has 8 heteroatoms. The van der Waals surface area contributed by atoms with Gasteiger partial charge in [-0.1, -0.05) is 0 Å². The number of halogens is 3. The Morgan fingerprint density at radius 3 is 2.77 bits per heavy atom. The van der Waals surface area contributed by atoms with Gasteiger partial charge in [-0.3, -0.25) is 4.79 Å². The Hall–Kier alpha value is -1.80. The summed E-state index contributed by atoms with van der Waals surface area (Å²) in [6.45, 7) is 0.629. The molecule has 1 fully saturated rings. The molecule has 1 aromatic carbocycles. The molecule has 1 aliphatic heterocycles. The molecular formula is C14H17F3N2O3. The molecule has 22 heavy (non-hydrogen) atoms. The first-order valence-corrected chi connectivity index (χ1v) is 6.75. The summed E-state index contributed by atoms with van der Waals surface area (Å²) in [7, 11) is 1.39. The smallest absolute Gasteiger partial charge is 0.416 e. The molecule has 0 aromatic heterocycles. The van der Waals surface area contributed by atoms with E-state index in [0.717, 1.165) is 12.1 Å². The van der Waals surface area contributed by atoms with Gasteiger partial charge in [-0.05, 0) is 24.6 Å². The third-order valence-corrected chi connectivity index (χ3v) is 3.62. The molecule has 3 N–H and O–H groups in total. The SMILES string of the molecule is COc1ccc(C(F)(F)F)cc1CNC1CNC(C(=O)O)C1. The molecule has 1 heterocycles. The standard InChI is InChI=1S/C14H17F3N2O3/c1-22-12-3-2-9(14(15,16)17)4-8(12)6-18-10-5-11(13(20)21)19-7-10/h2-4,10-11,18-19H,5-7H2,1H3,(H,20,21). The molecule has 0 spiro atoms. The maximum atomic E-state index is 12.7. The lowest BCUT2D eigenvalue weighted by Crippen LogP contribution is -2.30. The number of rotatable bonds is 5. The summed E-state index contributed by atoms with van der Waals surface area (Å²) in [6.07, 6.45) is -4.03. The number of ether oxygens (including phenoxy) is 1. The molecule has 1 aromatic rings. The molecule has 0 radical (unpaired) electrons. The number of carboxylic acid groups (broad SMARTS) is 1. The van der Waals surface area contributed by atoms with E-state index in [1.807, 2.05) is 0 Å². The normalized spacial score (nSPS) is 21.8. The minimum Gasteiger partial charge on any atom is -0.496 e. The predicted octanol–water partition coefficient (Wildman–Crippen LogP) is 1.62. The zero-order valence-electron chi connectivity index (χ0n) is 11.9. The van der Waals surface area contributed by atoms with E-state index in [-0.39, 0.29) is 12.6 Å². The lowest BCUT2D eigenvalue weighted by Gasteiger charge is -2.16. The van der Waals surface area contributed by atoms with E-state index in [2.05, 4.69) is 10.6 Å². The van der Waals surface area contributed by atoms with Gasteiger partial charge in [-0.25, -0.2) is 0 Å². The van der Waals surface area contributed by atoms with Gasteiger partial charge >= 0.3 is 12.1 Å². The molecule has 1 aliphatic rings. The molecule has 2 unspecified atom stereocenters. The van der Waals surface area contributed by atoms with Crippen LogP contribution in [0.15, 0.2) is 18.2 Å². The van der Waals surface area contributed by atoms with Crippen LogP contribution in [0.3, 0.4) is 0 Å². The summed E-state index contributed by atoms with van der Waals surface area (Å²) < 4.78 is 43.3. The first-order chi connectivity index (χ1) is 10.3. The van der Waals surface area contributed by atoms with E-state index in [9.17, 15) is 18.0 Å². The Morgan fingerprint density at radius 2 is 2.23 bits per heavy atom. The molecule has 2 atom stereocenters. The number of carboxylic acids is 1. The van der Waals surface area contributed by atoms with Crippen molar-refractivity contribution in [2.24, 2.45) is 0 Å². The van der Waals surface area contributed by atoms with Crippen molar-refractivity contribution in [2.45, 2.75) is 31.2 Å². The van der Waals surface area contributed by atoms with Crippen LogP contribution in [-0.2, 0) is 17.5 Å². The Bertz CT molecular complexity index is 549. The molecule has 2 rings (SSSR count). The Morgan fingerprint density at radius 1 is 1.50 bits per heavy atom. The van der Waals surface area contributed by atoms with Gasteiger partial charge in [0.2, 0.25) is 0 Å². The van der Waals surface area contributed by atoms with E-state index in [0.29, 0.717) is 24.3 Å². The molecule has 0 saturated carbocycles. The highest BCUT2D eigenvalue weighted by molar-refractivity contribution is 5.73. The molecule has 122 valence electrons. The largest absolute Gasteiger partial charge is 0.496 e. The minimum absolute atomic E-state index is 0.111. The summed E-state index contributed by atoms with van der Waals surface area (Å²) in [5, 5.41) is 14.8. The van der Waals surface area contributed by atoms with E-state index >= 15 is 0 Å². The third-order valence-electron chi connectivity index (χ3n) is 3.62. The summed E-state index contributed by atoms with van der Waals surface area (Å²) >= 11 is 0. The van der Waals surface area contributed by atoms with Crippen molar-refractivity contribution in [1.29, 1.82) is 0 Å². The number of hydrogen-bond donors (Lipinski definition) is 3. The van der Waals surface area contributed by atoms with Gasteiger partial charge in [0.1, 0.15) is 11.8 Å². The quantitative estimate of drug-likeness (QED) is 0.769. The number of methoxy groups -OCH3 is 1. The van der Waals surface area contributed by atoms with Crippen molar-refractivity contribution in [3.63, 3.8) is 0 Å². The Kier molecular flexibility index (Phi) is 4.92. The second-order valence-electron chi connectivity index (χ2n) is 5.14. The van der Waals surface area contributed by atoms with Crippen LogP contribution in [0.1, 0.15) is 17.5 Å². The van der Waals surface area contributed by atoms with Crippen LogP contribution in [0.5, 0.6) is 5.75 Å². The molecule has 5 nitrogen and oxygen atoms in total. The van der Waals surface area contributed by atoms with Crippen LogP contribution in [0.25, 0.3) is 0 Å². The monoisotopic (exact) mass is 318 g/mol. The van der Waals surface area contributed by atoms with E-state index in [4.69, 9.17) is 9.84 Å². The minimum atomic E-state index is -4.41. The van der Waals surface area contributed by atoms with Gasteiger partial charge in [0.25, 0.3) is 0 Å². The van der Waals surface area contributed by atoms with Crippen molar-refractivity contribution in [3.05, 3.63) is 29.3 Å². The highest BCUT2D eigenvalue weighted by Gasteiger charge is 2.32. The number of nitrogens with one attached hydrogen (secondary N) is 2. The number of aliphatic carboxylic acids is 1. The molecule has 0 amide bonds. The van der Waals surface area contributed by atoms with Crippen LogP contribution >= 0.6 is 0 Å². The average Bonchev–Trinajstić information content (AvgIpc) is 2.93. The van der Waals surface area contributed by atoms with Crippen molar-refractivity contribution in [2.75, 3.05) is 13.7 Å². The van der Waals surface area contributed by atoms with Gasteiger partial charge in [0.15, 0.2) is 0 Å². The number of carbonyl (C=O) groups is 1. The number of alkyl halides is 3. The average molecular weight is 318 g/mol. The highest BCUT2D eigenvalue weighted by atomic mass is 19.4. The summed E-state index contributed by atoms with van der Waals surface area (Å²) in [5.41, 5.74) is -0.353. The van der Waals surface area contributed by atoms with Gasteiger partial charge in [0.05, 0.1) is 12.7 Å². The fourth-order valence-electron chi connectivity index (χ4n) is 2.43. The van der Waals surface area contributed by atoms with Gasteiger partial charge < -0.3 is 20.5 Å². The van der Waals surface area contributed by atoms with Crippen molar-refractivity contribution >= 4 is 5.97 Å². The Balaban J connectivity index is 2.04.